The third-order valence-electron chi connectivity index (χ3n) is 2.30. The molecule has 0 saturated heterocycles. The fraction of sp³-hybridized carbons (Fsp3) is 0.545. The van der Waals surface area contributed by atoms with Gasteiger partial charge in [-0.25, -0.2) is 0 Å². The fourth-order valence-corrected chi connectivity index (χ4v) is 1.39. The van der Waals surface area contributed by atoms with Gasteiger partial charge in [0.2, 0.25) is 0 Å². The normalized spacial score (nSPS) is 10.2. The molecule has 6 nitrogen and oxygen atoms in total. The molecule has 94 valence electrons. The molecule has 0 amide bonds. The average Bonchev–Trinajstić information content (AvgIpc) is 2.28. The van der Waals surface area contributed by atoms with Gasteiger partial charge in [0.1, 0.15) is 5.82 Å². The minimum absolute atomic E-state index is 0.00602. The van der Waals surface area contributed by atoms with Gasteiger partial charge in [-0.2, -0.15) is 4.98 Å². The summed E-state index contributed by atoms with van der Waals surface area (Å²) >= 11 is 0. The van der Waals surface area contributed by atoms with Crippen molar-refractivity contribution in [2.24, 2.45) is 0 Å². The predicted octanol–water partition coefficient (Wildman–Crippen LogP) is 2.53. The second-order valence-electron chi connectivity index (χ2n) is 3.73. The van der Waals surface area contributed by atoms with Crippen molar-refractivity contribution in [2.45, 2.75) is 32.6 Å². The number of nitrogens with zero attached hydrogens (tertiary/aromatic N) is 2. The van der Waals surface area contributed by atoms with E-state index in [1.54, 1.807) is 0 Å². The highest BCUT2D eigenvalue weighted by molar-refractivity contribution is 5.46. The van der Waals surface area contributed by atoms with Gasteiger partial charge in [0.05, 0.1) is 11.5 Å². The van der Waals surface area contributed by atoms with Crippen LogP contribution in [-0.2, 0) is 0 Å². The highest BCUT2D eigenvalue weighted by Crippen LogP contribution is 2.25. The number of nitrogen functional groups attached to an aromatic ring is 1. The summed E-state index contributed by atoms with van der Waals surface area (Å²) in [5, 5.41) is 10.7. The standard InChI is InChI=1S/C11H17N3O3/c1-2-3-4-5-8-17-11-9(14(15)16)6-7-10(12)13-11/h6-7H,2-5,8H2,1H3,(H2,12,13). The summed E-state index contributed by atoms with van der Waals surface area (Å²) in [6.45, 7) is 2.54. The number of anilines is 1. The van der Waals surface area contributed by atoms with Crippen LogP contribution in [-0.4, -0.2) is 16.5 Å². The Labute approximate surface area is 99.9 Å². The number of pyridine rings is 1. The van der Waals surface area contributed by atoms with Crippen LogP contribution in [0.2, 0.25) is 0 Å². The Morgan fingerprint density at radius 3 is 2.82 bits per heavy atom. The molecule has 1 aromatic heterocycles. The molecule has 0 saturated carbocycles. The molecule has 17 heavy (non-hydrogen) atoms. The van der Waals surface area contributed by atoms with E-state index in [9.17, 15) is 10.1 Å². The molecular formula is C11H17N3O3. The first-order valence-corrected chi connectivity index (χ1v) is 5.69. The van der Waals surface area contributed by atoms with Crippen LogP contribution in [0.4, 0.5) is 11.5 Å². The van der Waals surface area contributed by atoms with E-state index in [-0.39, 0.29) is 17.4 Å². The summed E-state index contributed by atoms with van der Waals surface area (Å²) in [6.07, 6.45) is 4.18. The van der Waals surface area contributed by atoms with Crippen LogP contribution in [0.1, 0.15) is 32.6 Å². The third kappa shape index (κ3) is 4.26. The van der Waals surface area contributed by atoms with E-state index < -0.39 is 4.92 Å². The van der Waals surface area contributed by atoms with Crippen molar-refractivity contribution in [3.63, 3.8) is 0 Å². The molecule has 6 heteroatoms. The molecular weight excluding hydrogens is 222 g/mol. The van der Waals surface area contributed by atoms with Gasteiger partial charge in [0, 0.05) is 6.07 Å². The fourth-order valence-electron chi connectivity index (χ4n) is 1.39. The van der Waals surface area contributed by atoms with E-state index in [2.05, 4.69) is 11.9 Å². The van der Waals surface area contributed by atoms with Crippen LogP contribution in [0.15, 0.2) is 12.1 Å². The summed E-state index contributed by atoms with van der Waals surface area (Å²) < 4.78 is 5.29. The van der Waals surface area contributed by atoms with Gasteiger partial charge in [-0.1, -0.05) is 26.2 Å². The molecule has 0 aliphatic carbocycles. The molecule has 0 bridgehead atoms. The van der Waals surface area contributed by atoms with Gasteiger partial charge < -0.3 is 10.5 Å². The topological polar surface area (TPSA) is 91.3 Å². The van der Waals surface area contributed by atoms with Crippen LogP contribution in [0.25, 0.3) is 0 Å². The molecule has 0 atom stereocenters. The second-order valence-corrected chi connectivity index (χ2v) is 3.73. The van der Waals surface area contributed by atoms with Gasteiger partial charge >= 0.3 is 5.69 Å². The zero-order chi connectivity index (χ0) is 12.7. The van der Waals surface area contributed by atoms with Crippen LogP contribution in [0.5, 0.6) is 5.88 Å². The van der Waals surface area contributed by atoms with E-state index in [0.717, 1.165) is 25.7 Å². The largest absolute Gasteiger partial charge is 0.473 e. The number of hydrogen-bond donors (Lipinski definition) is 1. The monoisotopic (exact) mass is 239 g/mol. The van der Waals surface area contributed by atoms with Crippen LogP contribution in [0, 0.1) is 10.1 Å². The number of hydrogen-bond acceptors (Lipinski definition) is 5. The van der Waals surface area contributed by atoms with Crippen molar-refractivity contribution >= 4 is 11.5 Å². The maximum Gasteiger partial charge on any atom is 0.331 e. The highest BCUT2D eigenvalue weighted by Gasteiger charge is 2.16. The molecule has 0 radical (unpaired) electrons. The Hall–Kier alpha value is -1.85. The van der Waals surface area contributed by atoms with Crippen LogP contribution < -0.4 is 10.5 Å². The summed E-state index contributed by atoms with van der Waals surface area (Å²) in [4.78, 5) is 14.0. The lowest BCUT2D eigenvalue weighted by Crippen LogP contribution is -2.04. The molecule has 1 rings (SSSR count). The smallest absolute Gasteiger partial charge is 0.331 e. The van der Waals surface area contributed by atoms with Gasteiger partial charge in [-0.3, -0.25) is 10.1 Å². The number of rotatable bonds is 7. The van der Waals surface area contributed by atoms with Crippen molar-refractivity contribution in [1.29, 1.82) is 0 Å². The summed E-state index contributed by atoms with van der Waals surface area (Å²) in [5.41, 5.74) is 5.32. The van der Waals surface area contributed by atoms with Crippen molar-refractivity contribution in [3.8, 4) is 5.88 Å². The SMILES string of the molecule is CCCCCCOc1nc(N)ccc1[N+](=O)[O-]. The van der Waals surface area contributed by atoms with E-state index in [0.29, 0.717) is 6.61 Å². The molecule has 0 spiro atoms. The molecule has 0 aromatic carbocycles. The predicted molar refractivity (Wildman–Crippen MR) is 64.9 cm³/mol. The van der Waals surface area contributed by atoms with Crippen molar-refractivity contribution < 1.29 is 9.66 Å². The molecule has 0 aliphatic heterocycles. The van der Waals surface area contributed by atoms with Gasteiger partial charge in [-0.05, 0) is 12.5 Å². The van der Waals surface area contributed by atoms with Crippen LogP contribution in [0.3, 0.4) is 0 Å². The first-order chi connectivity index (χ1) is 8.15. The molecule has 0 aliphatic rings. The van der Waals surface area contributed by atoms with Crippen LogP contribution >= 0.6 is 0 Å². The molecule has 2 N–H and O–H groups in total. The van der Waals surface area contributed by atoms with E-state index >= 15 is 0 Å². The highest BCUT2D eigenvalue weighted by atomic mass is 16.6. The third-order valence-corrected chi connectivity index (χ3v) is 2.30. The molecule has 0 fully saturated rings. The lowest BCUT2D eigenvalue weighted by Gasteiger charge is -2.05. The maximum atomic E-state index is 10.7. The lowest BCUT2D eigenvalue weighted by molar-refractivity contribution is -0.386. The number of aromatic nitrogens is 1. The van der Waals surface area contributed by atoms with Crippen molar-refractivity contribution in [3.05, 3.63) is 22.2 Å². The van der Waals surface area contributed by atoms with Gasteiger partial charge in [0.25, 0.3) is 5.88 Å². The number of unbranched alkanes of at least 4 members (excludes halogenated alkanes) is 3. The summed E-state index contributed by atoms with van der Waals surface area (Å²) in [5.74, 6) is 0.227. The van der Waals surface area contributed by atoms with Gasteiger partial charge in [-0.15, -0.1) is 0 Å². The second kappa shape index (κ2) is 6.67. The van der Waals surface area contributed by atoms with Crippen molar-refractivity contribution in [1.82, 2.24) is 4.98 Å². The Bertz CT molecular complexity index is 382. The van der Waals surface area contributed by atoms with E-state index in [4.69, 9.17) is 10.5 Å². The van der Waals surface area contributed by atoms with Crippen molar-refractivity contribution in [2.75, 3.05) is 12.3 Å². The summed E-state index contributed by atoms with van der Waals surface area (Å²) in [6, 6.07) is 2.70. The van der Waals surface area contributed by atoms with Gasteiger partial charge in [0.15, 0.2) is 0 Å². The minimum Gasteiger partial charge on any atom is -0.473 e. The first kappa shape index (κ1) is 13.2. The number of ether oxygens (including phenoxy) is 1. The lowest BCUT2D eigenvalue weighted by atomic mass is 10.2. The molecule has 1 heterocycles. The average molecular weight is 239 g/mol. The summed E-state index contributed by atoms with van der Waals surface area (Å²) in [7, 11) is 0. The zero-order valence-electron chi connectivity index (χ0n) is 9.89. The number of nitro groups is 1. The Balaban J connectivity index is 2.56. The minimum atomic E-state index is -0.520. The molecule has 1 aromatic rings. The maximum absolute atomic E-state index is 10.7. The zero-order valence-corrected chi connectivity index (χ0v) is 9.89. The Morgan fingerprint density at radius 1 is 1.41 bits per heavy atom. The number of nitrogens with two attached hydrogens (primary N) is 1. The van der Waals surface area contributed by atoms with E-state index in [1.165, 1.54) is 12.1 Å². The molecule has 0 unspecified atom stereocenters. The quantitative estimate of drug-likeness (QED) is 0.448. The Kier molecular flexibility index (Phi) is 5.19. The first-order valence-electron chi connectivity index (χ1n) is 5.69. The Morgan fingerprint density at radius 2 is 2.18 bits per heavy atom. The van der Waals surface area contributed by atoms with E-state index in [1.807, 2.05) is 0 Å².